The topological polar surface area (TPSA) is 83.8 Å². The van der Waals surface area contributed by atoms with Crippen LogP contribution in [0.2, 0.25) is 10.0 Å². The predicted molar refractivity (Wildman–Crippen MR) is 150 cm³/mol. The molecule has 2 N–H and O–H groups in total. The lowest BCUT2D eigenvalue weighted by Gasteiger charge is -2.33. The molecule has 0 radical (unpaired) electrons. The molecule has 1 aliphatic heterocycles. The molecule has 1 aromatic heterocycles. The fraction of sp³-hybridized carbons (Fsp3) is 0.379. The Morgan fingerprint density at radius 1 is 1.18 bits per heavy atom. The van der Waals surface area contributed by atoms with Crippen LogP contribution in [0.1, 0.15) is 35.7 Å². The molecule has 40 heavy (non-hydrogen) atoms. The van der Waals surface area contributed by atoms with Crippen LogP contribution < -0.4 is 15.5 Å². The molecule has 1 saturated heterocycles. The van der Waals surface area contributed by atoms with Crippen molar-refractivity contribution < 1.29 is 23.4 Å². The molecule has 3 aromatic rings. The van der Waals surface area contributed by atoms with Crippen molar-refractivity contribution in [2.45, 2.75) is 37.5 Å². The number of rotatable bonds is 9. The summed E-state index contributed by atoms with van der Waals surface area (Å²) in [5.74, 6) is -1.34. The van der Waals surface area contributed by atoms with Crippen LogP contribution in [0.5, 0.6) is 5.75 Å². The van der Waals surface area contributed by atoms with Crippen LogP contribution in [0.15, 0.2) is 54.0 Å². The number of carbonyl (C=O) groups is 1. The van der Waals surface area contributed by atoms with Crippen molar-refractivity contribution in [3.63, 3.8) is 0 Å². The van der Waals surface area contributed by atoms with Crippen LogP contribution in [0, 0.1) is 17.6 Å². The van der Waals surface area contributed by atoms with Gasteiger partial charge in [-0.3, -0.25) is 9.59 Å². The Morgan fingerprint density at radius 2 is 1.90 bits per heavy atom. The zero-order chi connectivity index (χ0) is 28.6. The number of likely N-dealkylation sites (tertiary alicyclic amines) is 1. The predicted octanol–water partition coefficient (Wildman–Crippen LogP) is 4.97. The quantitative estimate of drug-likeness (QED) is 0.343. The van der Waals surface area contributed by atoms with Gasteiger partial charge in [0.25, 0.3) is 5.91 Å². The lowest BCUT2D eigenvalue weighted by Crippen LogP contribution is -2.47. The van der Waals surface area contributed by atoms with E-state index in [1.54, 1.807) is 6.20 Å². The van der Waals surface area contributed by atoms with Gasteiger partial charge in [-0.05, 0) is 49.4 Å². The number of allylic oxidation sites excluding steroid dienone is 1. The number of aliphatic hydroxyl groups excluding tert-OH is 1. The SMILES string of the molecule is C=CC1CC1n1cc(C(=O)NC2CCN(C[C@H](O)COc3ccc(Cl)c(F)c3)CC2)c(=O)c2cc(F)c(Cl)cc21. The fourth-order valence-electron chi connectivity index (χ4n) is 5.19. The van der Waals surface area contributed by atoms with Crippen molar-refractivity contribution in [2.75, 3.05) is 26.2 Å². The summed E-state index contributed by atoms with van der Waals surface area (Å²) in [4.78, 5) is 28.5. The molecule has 3 atom stereocenters. The number of fused-ring (bicyclic) bond motifs is 1. The van der Waals surface area contributed by atoms with Crippen LogP contribution in [0.4, 0.5) is 8.78 Å². The van der Waals surface area contributed by atoms with Gasteiger partial charge >= 0.3 is 0 Å². The Labute approximate surface area is 239 Å². The average Bonchev–Trinajstić information content (AvgIpc) is 3.71. The molecule has 2 aliphatic rings. The number of β-amino-alcohol motifs (C(OH)–C–C–N with tert-alkyl or cyclic N) is 1. The summed E-state index contributed by atoms with van der Waals surface area (Å²) in [6, 6.07) is 6.47. The van der Waals surface area contributed by atoms with E-state index in [2.05, 4.69) is 16.8 Å². The molecular formula is C29H29Cl2F2N3O4. The minimum Gasteiger partial charge on any atom is -0.491 e. The van der Waals surface area contributed by atoms with E-state index in [4.69, 9.17) is 27.9 Å². The summed E-state index contributed by atoms with van der Waals surface area (Å²) in [5.41, 5.74) is -0.104. The summed E-state index contributed by atoms with van der Waals surface area (Å²) < 4.78 is 35.1. The van der Waals surface area contributed by atoms with Crippen molar-refractivity contribution in [3.8, 4) is 5.75 Å². The molecule has 0 spiro atoms. The second-order valence-corrected chi connectivity index (χ2v) is 11.2. The van der Waals surface area contributed by atoms with Gasteiger partial charge in [-0.2, -0.15) is 0 Å². The number of hydrogen-bond donors (Lipinski definition) is 2. The maximum Gasteiger partial charge on any atom is 0.256 e. The molecule has 2 aromatic carbocycles. The highest BCUT2D eigenvalue weighted by atomic mass is 35.5. The van der Waals surface area contributed by atoms with E-state index in [1.807, 2.05) is 10.6 Å². The van der Waals surface area contributed by atoms with Crippen LogP contribution in [0.3, 0.4) is 0 Å². The Kier molecular flexibility index (Phi) is 8.47. The average molecular weight is 592 g/mol. The van der Waals surface area contributed by atoms with Crippen molar-refractivity contribution in [1.29, 1.82) is 0 Å². The van der Waals surface area contributed by atoms with E-state index in [-0.39, 0.29) is 51.4 Å². The summed E-state index contributed by atoms with van der Waals surface area (Å²) >= 11 is 11.7. The van der Waals surface area contributed by atoms with Gasteiger partial charge in [0, 0.05) is 49.4 Å². The number of nitrogens with one attached hydrogen (secondary N) is 1. The summed E-state index contributed by atoms with van der Waals surface area (Å²) in [6.07, 6.45) is 4.62. The molecular weight excluding hydrogens is 563 g/mol. The Morgan fingerprint density at radius 3 is 2.58 bits per heavy atom. The van der Waals surface area contributed by atoms with Crippen LogP contribution in [-0.4, -0.2) is 58.9 Å². The molecule has 1 saturated carbocycles. The Balaban J connectivity index is 1.19. The van der Waals surface area contributed by atoms with E-state index in [0.29, 0.717) is 38.0 Å². The molecule has 5 rings (SSSR count). The van der Waals surface area contributed by atoms with Crippen molar-refractivity contribution >= 4 is 40.0 Å². The zero-order valence-electron chi connectivity index (χ0n) is 21.6. The number of piperidine rings is 1. The van der Waals surface area contributed by atoms with Crippen LogP contribution in [0.25, 0.3) is 10.9 Å². The molecule has 11 heteroatoms. The van der Waals surface area contributed by atoms with Crippen LogP contribution in [-0.2, 0) is 0 Å². The first-order valence-corrected chi connectivity index (χ1v) is 13.9. The Bertz CT molecular complexity index is 1510. The van der Waals surface area contributed by atoms with Gasteiger partial charge < -0.3 is 24.6 Å². The minimum atomic E-state index is -0.795. The molecule has 0 bridgehead atoms. The highest BCUT2D eigenvalue weighted by Gasteiger charge is 2.37. The largest absolute Gasteiger partial charge is 0.491 e. The first-order valence-electron chi connectivity index (χ1n) is 13.1. The van der Waals surface area contributed by atoms with Crippen molar-refractivity contribution in [3.05, 3.63) is 86.7 Å². The first kappa shape index (κ1) is 28.5. The van der Waals surface area contributed by atoms with Gasteiger partial charge in [0.05, 0.1) is 15.6 Å². The van der Waals surface area contributed by atoms with Gasteiger partial charge in [0.1, 0.15) is 35.7 Å². The third kappa shape index (κ3) is 6.17. The second kappa shape index (κ2) is 11.9. The maximum atomic E-state index is 14.3. The minimum absolute atomic E-state index is 0.00259. The molecule has 1 aliphatic carbocycles. The molecule has 212 valence electrons. The zero-order valence-corrected chi connectivity index (χ0v) is 23.1. The number of hydrogen-bond acceptors (Lipinski definition) is 5. The second-order valence-electron chi connectivity index (χ2n) is 10.4. The highest BCUT2D eigenvalue weighted by Crippen LogP contribution is 2.45. The number of pyridine rings is 1. The van der Waals surface area contributed by atoms with Gasteiger partial charge in [-0.25, -0.2) is 8.78 Å². The first-order chi connectivity index (χ1) is 19.1. The summed E-state index contributed by atoms with van der Waals surface area (Å²) in [7, 11) is 0. The maximum absolute atomic E-state index is 14.3. The van der Waals surface area contributed by atoms with E-state index in [1.165, 1.54) is 24.3 Å². The fourth-order valence-corrected chi connectivity index (χ4v) is 5.46. The van der Waals surface area contributed by atoms with Gasteiger partial charge in [0.15, 0.2) is 0 Å². The normalized spacial score (nSPS) is 20.3. The number of ether oxygens (including phenoxy) is 1. The van der Waals surface area contributed by atoms with Gasteiger partial charge in [-0.15, -0.1) is 6.58 Å². The number of aliphatic hydroxyl groups is 1. The van der Waals surface area contributed by atoms with Crippen LogP contribution >= 0.6 is 23.2 Å². The van der Waals surface area contributed by atoms with Crippen molar-refractivity contribution in [1.82, 2.24) is 14.8 Å². The standard InChI is InChI=1S/C29H29Cl2F2N3O4/c1-2-16-9-26(16)36-14-21(28(38)20-11-25(33)23(31)12-27(20)36)29(39)34-17-5-7-35(8-6-17)13-18(37)15-40-19-3-4-22(30)24(32)10-19/h2-4,10-12,14,16-18,26,37H,1,5-9,13,15H2,(H,34,39)/t16?,18-,26?/m0/s1. The number of halogens is 4. The third-order valence-corrected chi connectivity index (χ3v) is 8.11. The lowest BCUT2D eigenvalue weighted by molar-refractivity contribution is 0.0567. The van der Waals surface area contributed by atoms with E-state index >= 15 is 0 Å². The smallest absolute Gasteiger partial charge is 0.256 e. The molecule has 7 nitrogen and oxygen atoms in total. The number of amides is 1. The summed E-state index contributed by atoms with van der Waals surface area (Å²) in [5, 5.41) is 13.4. The monoisotopic (exact) mass is 591 g/mol. The van der Waals surface area contributed by atoms with E-state index in [9.17, 15) is 23.5 Å². The van der Waals surface area contributed by atoms with Gasteiger partial charge in [-0.1, -0.05) is 29.3 Å². The number of nitrogens with zero attached hydrogens (tertiary/aromatic N) is 2. The third-order valence-electron chi connectivity index (χ3n) is 7.51. The van der Waals surface area contributed by atoms with E-state index in [0.717, 1.165) is 12.5 Å². The number of benzene rings is 2. The number of carbonyl (C=O) groups excluding carboxylic acids is 1. The Hall–Kier alpha value is -2.98. The molecule has 2 unspecified atom stereocenters. The van der Waals surface area contributed by atoms with Crippen molar-refractivity contribution in [2.24, 2.45) is 5.92 Å². The number of aromatic nitrogens is 1. The molecule has 1 amide bonds. The molecule has 2 fully saturated rings. The lowest BCUT2D eigenvalue weighted by atomic mass is 10.0. The molecule has 2 heterocycles. The van der Waals surface area contributed by atoms with E-state index < -0.39 is 29.1 Å². The summed E-state index contributed by atoms with van der Waals surface area (Å²) in [6.45, 7) is 5.41. The highest BCUT2D eigenvalue weighted by molar-refractivity contribution is 6.31. The van der Waals surface area contributed by atoms with Gasteiger partial charge in [0.2, 0.25) is 5.43 Å².